The molecule has 0 aromatic heterocycles. The third-order valence-electron chi connectivity index (χ3n) is 3.76. The van der Waals surface area contributed by atoms with Gasteiger partial charge in [0.2, 0.25) is 0 Å². The van der Waals surface area contributed by atoms with E-state index in [0.717, 1.165) is 0 Å². The molecule has 1 fully saturated rings. The molecular formula is C12H17NO5. The van der Waals surface area contributed by atoms with E-state index in [-0.39, 0.29) is 17.8 Å². The van der Waals surface area contributed by atoms with Gasteiger partial charge in [-0.15, -0.1) is 10.1 Å². The molecule has 0 amide bonds. The molecule has 100 valence electrons. The average Bonchev–Trinajstić information content (AvgIpc) is 2.76. The van der Waals surface area contributed by atoms with Crippen molar-refractivity contribution < 1.29 is 19.5 Å². The van der Waals surface area contributed by atoms with Crippen LogP contribution in [0.5, 0.6) is 0 Å². The molecular weight excluding hydrogens is 238 g/mol. The van der Waals surface area contributed by atoms with Gasteiger partial charge in [0.1, 0.15) is 17.5 Å². The molecule has 0 saturated carbocycles. The predicted octanol–water partition coefficient (Wildman–Crippen LogP) is 1.67. The summed E-state index contributed by atoms with van der Waals surface area (Å²) in [7, 11) is 0. The van der Waals surface area contributed by atoms with E-state index >= 15 is 0 Å². The van der Waals surface area contributed by atoms with Gasteiger partial charge in [-0.2, -0.15) is 0 Å². The summed E-state index contributed by atoms with van der Waals surface area (Å²) in [6, 6.07) is 0. The van der Waals surface area contributed by atoms with Crippen LogP contribution in [0.3, 0.4) is 0 Å². The second kappa shape index (κ2) is 4.68. The molecule has 0 unspecified atom stereocenters. The smallest absolute Gasteiger partial charge is 0.295 e. The van der Waals surface area contributed by atoms with Crippen molar-refractivity contribution in [3.05, 3.63) is 22.3 Å². The topological polar surface area (TPSA) is 78.7 Å². The van der Waals surface area contributed by atoms with Crippen molar-refractivity contribution >= 4 is 5.78 Å². The normalized spacial score (nSPS) is 39.9. The van der Waals surface area contributed by atoms with Crippen LogP contribution in [0, 0.1) is 16.0 Å². The molecule has 2 bridgehead atoms. The highest BCUT2D eigenvalue weighted by molar-refractivity contribution is 5.81. The first-order chi connectivity index (χ1) is 8.42. The van der Waals surface area contributed by atoms with Crippen molar-refractivity contribution in [2.45, 2.75) is 50.9 Å². The molecule has 2 heterocycles. The number of hydrogen-bond donors (Lipinski definition) is 0. The van der Waals surface area contributed by atoms with Crippen LogP contribution in [0.15, 0.2) is 12.2 Å². The Morgan fingerprint density at radius 3 is 2.94 bits per heavy atom. The molecule has 2 aliphatic heterocycles. The van der Waals surface area contributed by atoms with Crippen LogP contribution in [-0.4, -0.2) is 28.7 Å². The van der Waals surface area contributed by atoms with Gasteiger partial charge in [-0.3, -0.25) is 4.79 Å². The minimum absolute atomic E-state index is 0.135. The van der Waals surface area contributed by atoms with Crippen molar-refractivity contribution in [2.24, 2.45) is 5.92 Å². The number of hydrogen-bond acceptors (Lipinski definition) is 5. The molecule has 0 spiro atoms. The minimum atomic E-state index is -1.01. The van der Waals surface area contributed by atoms with Crippen LogP contribution in [0.4, 0.5) is 0 Å². The van der Waals surface area contributed by atoms with Crippen LogP contribution in [0.1, 0.15) is 33.1 Å². The van der Waals surface area contributed by atoms with Crippen LogP contribution in [-0.2, 0) is 14.4 Å². The van der Waals surface area contributed by atoms with Gasteiger partial charge in [-0.1, -0.05) is 19.1 Å². The molecule has 6 nitrogen and oxygen atoms in total. The van der Waals surface area contributed by atoms with Crippen LogP contribution in [0.2, 0.25) is 0 Å². The van der Waals surface area contributed by atoms with E-state index in [4.69, 9.17) is 9.57 Å². The molecule has 0 radical (unpaired) electrons. The largest absolute Gasteiger partial charge is 0.363 e. The number of rotatable bonds is 2. The van der Waals surface area contributed by atoms with Crippen molar-refractivity contribution in [1.29, 1.82) is 0 Å². The molecule has 0 N–H and O–H groups in total. The lowest BCUT2D eigenvalue weighted by atomic mass is 9.89. The summed E-state index contributed by atoms with van der Waals surface area (Å²) in [6.07, 6.45) is 4.22. The fourth-order valence-corrected chi connectivity index (χ4v) is 2.54. The first kappa shape index (κ1) is 13.0. The molecule has 18 heavy (non-hydrogen) atoms. The molecule has 0 aromatic rings. The van der Waals surface area contributed by atoms with E-state index in [0.29, 0.717) is 19.3 Å². The lowest BCUT2D eigenvalue weighted by molar-refractivity contribution is -0.782. The van der Waals surface area contributed by atoms with Gasteiger partial charge in [-0.05, 0) is 19.8 Å². The number of Topliss-reactive ketones (excluding diaryl/α,β-unsaturated/α-hetero) is 1. The summed E-state index contributed by atoms with van der Waals surface area (Å²) >= 11 is 0. The molecule has 2 aliphatic rings. The number of carbonyl (C=O) groups is 1. The first-order valence-electron chi connectivity index (χ1n) is 6.12. The zero-order valence-electron chi connectivity index (χ0n) is 10.5. The Hall–Kier alpha value is -1.43. The Morgan fingerprint density at radius 2 is 2.28 bits per heavy atom. The summed E-state index contributed by atoms with van der Waals surface area (Å²) < 4.78 is 5.72. The summed E-state index contributed by atoms with van der Waals surface area (Å²) in [4.78, 5) is 27.3. The van der Waals surface area contributed by atoms with Crippen LogP contribution < -0.4 is 0 Å². The molecule has 6 heteroatoms. The zero-order valence-corrected chi connectivity index (χ0v) is 10.5. The fraction of sp³-hybridized carbons (Fsp3) is 0.750. The fourth-order valence-electron chi connectivity index (χ4n) is 2.54. The highest BCUT2D eigenvalue weighted by atomic mass is 17.0. The number of fused-ring (bicyclic) bond motifs is 2. The Bertz CT molecular complexity index is 394. The summed E-state index contributed by atoms with van der Waals surface area (Å²) in [6.45, 7) is 3.49. The van der Waals surface area contributed by atoms with Gasteiger partial charge < -0.3 is 9.57 Å². The minimum Gasteiger partial charge on any atom is -0.363 e. The first-order valence-corrected chi connectivity index (χ1v) is 6.12. The van der Waals surface area contributed by atoms with E-state index in [9.17, 15) is 14.9 Å². The third kappa shape index (κ3) is 2.38. The summed E-state index contributed by atoms with van der Waals surface area (Å²) in [5.41, 5.74) is -1.01. The third-order valence-corrected chi connectivity index (χ3v) is 3.76. The highest BCUT2D eigenvalue weighted by Gasteiger charge is 2.43. The predicted molar refractivity (Wildman–Crippen MR) is 62.3 cm³/mol. The van der Waals surface area contributed by atoms with Crippen molar-refractivity contribution in [3.8, 4) is 0 Å². The maximum Gasteiger partial charge on any atom is 0.295 e. The van der Waals surface area contributed by atoms with Gasteiger partial charge in [0.15, 0.2) is 0 Å². The van der Waals surface area contributed by atoms with Crippen LogP contribution >= 0.6 is 0 Å². The number of carbonyl (C=O) groups excluding carboxylic acids is 1. The Balaban J connectivity index is 2.22. The Morgan fingerprint density at radius 1 is 1.56 bits per heavy atom. The highest BCUT2D eigenvalue weighted by Crippen LogP contribution is 2.34. The van der Waals surface area contributed by atoms with Crippen molar-refractivity contribution in [1.82, 2.24) is 0 Å². The number of nitrogens with zero attached hydrogens (tertiary/aromatic N) is 1. The van der Waals surface area contributed by atoms with Crippen molar-refractivity contribution in [2.75, 3.05) is 0 Å². The molecule has 4 atom stereocenters. The average molecular weight is 255 g/mol. The van der Waals surface area contributed by atoms with E-state index in [1.165, 1.54) is 0 Å². The van der Waals surface area contributed by atoms with E-state index < -0.39 is 16.8 Å². The molecule has 1 saturated heterocycles. The van der Waals surface area contributed by atoms with Crippen molar-refractivity contribution in [3.63, 3.8) is 0 Å². The molecule has 0 aliphatic carbocycles. The van der Waals surface area contributed by atoms with E-state index in [1.807, 2.05) is 6.92 Å². The van der Waals surface area contributed by atoms with Crippen LogP contribution in [0.25, 0.3) is 0 Å². The quantitative estimate of drug-likeness (QED) is 0.426. The second-order valence-corrected chi connectivity index (χ2v) is 5.14. The Labute approximate surface area is 105 Å². The zero-order chi connectivity index (χ0) is 13.3. The van der Waals surface area contributed by atoms with Gasteiger partial charge in [0, 0.05) is 12.3 Å². The summed E-state index contributed by atoms with van der Waals surface area (Å²) in [5, 5.41) is 9.81. The standard InChI is InChI=1S/C12H17NO5/c1-8-9(14)4-3-7-12(2,18-13(15)16)11-6-5-10(8)17-11/h5-6,8,10-11H,3-4,7H2,1-2H3/t8-,10+,11-,12+/m1/s1. The van der Waals surface area contributed by atoms with E-state index in [2.05, 4.69) is 0 Å². The second-order valence-electron chi connectivity index (χ2n) is 5.14. The van der Waals surface area contributed by atoms with Gasteiger partial charge in [-0.25, -0.2) is 0 Å². The van der Waals surface area contributed by atoms with Gasteiger partial charge >= 0.3 is 0 Å². The lowest BCUT2D eigenvalue weighted by Gasteiger charge is -2.32. The number of ether oxygens (including phenoxy) is 1. The van der Waals surface area contributed by atoms with Gasteiger partial charge in [0.25, 0.3) is 5.09 Å². The maximum atomic E-state index is 11.9. The number of ketones is 1. The van der Waals surface area contributed by atoms with E-state index in [1.54, 1.807) is 19.1 Å². The summed E-state index contributed by atoms with van der Waals surface area (Å²) in [5.74, 6) is -0.0696. The molecule has 0 aromatic carbocycles. The maximum absolute atomic E-state index is 11.9. The SMILES string of the molecule is C[C@@H]1C(=O)CCC[C@](C)(O[N+](=O)[O-])[C@H]2C=C[C@@H]1O2. The molecule has 2 rings (SSSR count). The monoisotopic (exact) mass is 255 g/mol. The van der Waals surface area contributed by atoms with Gasteiger partial charge in [0.05, 0.1) is 6.10 Å². The Kier molecular flexibility index (Phi) is 3.38. The lowest BCUT2D eigenvalue weighted by Crippen LogP contribution is -2.43.